The Bertz CT molecular complexity index is 363. The van der Waals surface area contributed by atoms with Crippen LogP contribution in [0.4, 0.5) is 0 Å². The van der Waals surface area contributed by atoms with Crippen molar-refractivity contribution in [1.82, 2.24) is 5.32 Å². The quantitative estimate of drug-likeness (QED) is 0.771. The molecule has 80 valence electrons. The van der Waals surface area contributed by atoms with Gasteiger partial charge in [0.15, 0.2) is 0 Å². The van der Waals surface area contributed by atoms with Gasteiger partial charge < -0.3 is 10.4 Å². The molecule has 1 aliphatic carbocycles. The molecular formula is C13H17NO. The van der Waals surface area contributed by atoms with Crippen LogP contribution in [0.5, 0.6) is 5.75 Å². The summed E-state index contributed by atoms with van der Waals surface area (Å²) in [6.45, 7) is 0. The fraction of sp³-hybridized carbons (Fsp3) is 0.538. The summed E-state index contributed by atoms with van der Waals surface area (Å²) < 4.78 is 0. The smallest absolute Gasteiger partial charge is 0.115 e. The summed E-state index contributed by atoms with van der Waals surface area (Å²) in [4.78, 5) is 0. The van der Waals surface area contributed by atoms with Crippen LogP contribution in [-0.2, 0) is 6.42 Å². The average Bonchev–Trinajstić information content (AvgIpc) is 2.79. The number of nitrogens with one attached hydrogen (secondary N) is 1. The Morgan fingerprint density at radius 2 is 2.27 bits per heavy atom. The fourth-order valence-electron chi connectivity index (χ4n) is 3.14. The van der Waals surface area contributed by atoms with E-state index in [4.69, 9.17) is 0 Å². The molecule has 0 spiro atoms. The highest BCUT2D eigenvalue weighted by Crippen LogP contribution is 2.36. The Morgan fingerprint density at radius 1 is 1.33 bits per heavy atom. The molecule has 1 saturated carbocycles. The second-order valence-electron chi connectivity index (χ2n) is 4.92. The lowest BCUT2D eigenvalue weighted by Gasteiger charge is -2.23. The molecule has 2 nitrogen and oxygen atoms in total. The van der Waals surface area contributed by atoms with Crippen molar-refractivity contribution >= 4 is 0 Å². The van der Waals surface area contributed by atoms with Crippen LogP contribution in [0.15, 0.2) is 24.3 Å². The molecule has 0 radical (unpaired) electrons. The molecule has 3 rings (SSSR count). The Morgan fingerprint density at radius 3 is 2.93 bits per heavy atom. The van der Waals surface area contributed by atoms with Crippen molar-refractivity contribution in [2.75, 3.05) is 0 Å². The van der Waals surface area contributed by atoms with Crippen molar-refractivity contribution in [2.45, 2.75) is 37.8 Å². The number of fused-ring (bicyclic) bond motifs is 2. The van der Waals surface area contributed by atoms with Crippen LogP contribution in [0.2, 0.25) is 0 Å². The van der Waals surface area contributed by atoms with E-state index in [0.717, 1.165) is 18.4 Å². The summed E-state index contributed by atoms with van der Waals surface area (Å²) in [6, 6.07) is 9.07. The Balaban J connectivity index is 1.71. The van der Waals surface area contributed by atoms with Crippen molar-refractivity contribution in [3.63, 3.8) is 0 Å². The lowest BCUT2D eigenvalue weighted by molar-refractivity contribution is 0.379. The monoisotopic (exact) mass is 203 g/mol. The minimum Gasteiger partial charge on any atom is -0.508 e. The van der Waals surface area contributed by atoms with Gasteiger partial charge in [-0.15, -0.1) is 0 Å². The summed E-state index contributed by atoms with van der Waals surface area (Å²) in [5, 5.41) is 13.1. The number of phenols is 1. The Hall–Kier alpha value is -1.02. The molecule has 2 N–H and O–H groups in total. The number of hydrogen-bond acceptors (Lipinski definition) is 2. The zero-order valence-electron chi connectivity index (χ0n) is 8.82. The normalized spacial score (nSPS) is 33.5. The fourth-order valence-corrected chi connectivity index (χ4v) is 3.14. The molecule has 1 aromatic rings. The number of hydrogen-bond donors (Lipinski definition) is 2. The van der Waals surface area contributed by atoms with Crippen molar-refractivity contribution in [3.8, 4) is 5.75 Å². The van der Waals surface area contributed by atoms with Gasteiger partial charge in [0, 0.05) is 12.1 Å². The van der Waals surface area contributed by atoms with Crippen molar-refractivity contribution in [3.05, 3.63) is 29.8 Å². The third-order valence-corrected chi connectivity index (χ3v) is 3.86. The second-order valence-corrected chi connectivity index (χ2v) is 4.92. The van der Waals surface area contributed by atoms with Gasteiger partial charge in [-0.25, -0.2) is 0 Å². The molecule has 1 heterocycles. The molecule has 1 aliphatic heterocycles. The number of aromatic hydroxyl groups is 1. The van der Waals surface area contributed by atoms with Gasteiger partial charge in [-0.3, -0.25) is 0 Å². The van der Waals surface area contributed by atoms with Gasteiger partial charge in [0.2, 0.25) is 0 Å². The highest BCUT2D eigenvalue weighted by atomic mass is 16.3. The summed E-state index contributed by atoms with van der Waals surface area (Å²) in [6.07, 6.45) is 5.18. The van der Waals surface area contributed by atoms with Gasteiger partial charge in [-0.05, 0) is 49.3 Å². The molecule has 0 aromatic heterocycles. The Kier molecular flexibility index (Phi) is 2.17. The second kappa shape index (κ2) is 3.53. The Labute approximate surface area is 90.3 Å². The zero-order chi connectivity index (χ0) is 10.3. The van der Waals surface area contributed by atoms with E-state index in [-0.39, 0.29) is 0 Å². The molecule has 15 heavy (non-hydrogen) atoms. The van der Waals surface area contributed by atoms with Crippen LogP contribution in [0, 0.1) is 5.92 Å². The van der Waals surface area contributed by atoms with E-state index in [0.29, 0.717) is 11.8 Å². The van der Waals surface area contributed by atoms with E-state index in [9.17, 15) is 5.11 Å². The van der Waals surface area contributed by atoms with Crippen LogP contribution in [0.3, 0.4) is 0 Å². The largest absolute Gasteiger partial charge is 0.508 e. The van der Waals surface area contributed by atoms with Crippen molar-refractivity contribution in [1.29, 1.82) is 0 Å². The van der Waals surface area contributed by atoms with E-state index in [2.05, 4.69) is 11.4 Å². The molecule has 3 unspecified atom stereocenters. The highest BCUT2D eigenvalue weighted by Gasteiger charge is 2.38. The lowest BCUT2D eigenvalue weighted by Crippen LogP contribution is -2.36. The van der Waals surface area contributed by atoms with E-state index < -0.39 is 0 Å². The van der Waals surface area contributed by atoms with Crippen molar-refractivity contribution in [2.24, 2.45) is 5.92 Å². The van der Waals surface area contributed by atoms with Crippen LogP contribution in [0.1, 0.15) is 24.8 Å². The summed E-state index contributed by atoms with van der Waals surface area (Å²) in [5.41, 5.74) is 1.25. The number of phenolic OH excluding ortho intramolecular Hbond substituents is 1. The lowest BCUT2D eigenvalue weighted by atomic mass is 9.94. The first-order chi connectivity index (χ1) is 7.31. The van der Waals surface area contributed by atoms with Gasteiger partial charge >= 0.3 is 0 Å². The number of piperidine rings is 1. The van der Waals surface area contributed by atoms with E-state index in [1.807, 2.05) is 12.1 Å². The molecular weight excluding hydrogens is 186 g/mol. The predicted molar refractivity (Wildman–Crippen MR) is 59.9 cm³/mol. The van der Waals surface area contributed by atoms with Gasteiger partial charge in [-0.2, -0.15) is 0 Å². The first-order valence-corrected chi connectivity index (χ1v) is 5.85. The first kappa shape index (κ1) is 9.22. The molecule has 2 bridgehead atoms. The van der Waals surface area contributed by atoms with Crippen LogP contribution < -0.4 is 5.32 Å². The molecule has 2 fully saturated rings. The van der Waals surface area contributed by atoms with Crippen LogP contribution in [0.25, 0.3) is 0 Å². The van der Waals surface area contributed by atoms with Gasteiger partial charge in [0.1, 0.15) is 5.75 Å². The minimum absolute atomic E-state index is 0.385. The maximum Gasteiger partial charge on any atom is 0.115 e. The van der Waals surface area contributed by atoms with Gasteiger partial charge in [-0.1, -0.05) is 12.1 Å². The van der Waals surface area contributed by atoms with E-state index >= 15 is 0 Å². The highest BCUT2D eigenvalue weighted by molar-refractivity contribution is 5.28. The minimum atomic E-state index is 0.385. The zero-order valence-corrected chi connectivity index (χ0v) is 8.82. The SMILES string of the molecule is Oc1cccc(CC2NC3CCC2C3)c1. The van der Waals surface area contributed by atoms with Gasteiger partial charge in [0.05, 0.1) is 0 Å². The summed E-state index contributed by atoms with van der Waals surface area (Å²) in [5.74, 6) is 1.26. The summed E-state index contributed by atoms with van der Waals surface area (Å²) in [7, 11) is 0. The maximum absolute atomic E-state index is 9.40. The topological polar surface area (TPSA) is 32.3 Å². The van der Waals surface area contributed by atoms with E-state index in [1.54, 1.807) is 6.07 Å². The third kappa shape index (κ3) is 1.74. The molecule has 0 amide bonds. The number of benzene rings is 1. The molecule has 3 atom stereocenters. The van der Waals surface area contributed by atoms with E-state index in [1.165, 1.54) is 24.8 Å². The molecule has 1 saturated heterocycles. The van der Waals surface area contributed by atoms with Crippen LogP contribution in [-0.4, -0.2) is 17.2 Å². The maximum atomic E-state index is 9.40. The standard InChI is InChI=1S/C13H17NO/c15-12-3-1-2-9(6-12)7-13-10-4-5-11(8-10)14-13/h1-3,6,10-11,13-15H,4-5,7-8H2. The predicted octanol–water partition coefficient (Wildman–Crippen LogP) is 2.08. The third-order valence-electron chi connectivity index (χ3n) is 3.86. The molecule has 1 aromatic carbocycles. The molecule has 2 heteroatoms. The summed E-state index contributed by atoms with van der Waals surface area (Å²) >= 11 is 0. The molecule has 2 aliphatic rings. The van der Waals surface area contributed by atoms with Crippen molar-refractivity contribution < 1.29 is 5.11 Å². The van der Waals surface area contributed by atoms with Crippen LogP contribution >= 0.6 is 0 Å². The number of rotatable bonds is 2. The first-order valence-electron chi connectivity index (χ1n) is 5.85. The average molecular weight is 203 g/mol. The van der Waals surface area contributed by atoms with Gasteiger partial charge in [0.25, 0.3) is 0 Å².